The number of nitrogens with one attached hydrogen (secondary N) is 1. The summed E-state index contributed by atoms with van der Waals surface area (Å²) < 4.78 is 5.45. The van der Waals surface area contributed by atoms with Gasteiger partial charge in [-0.05, 0) is 58.3 Å². The summed E-state index contributed by atoms with van der Waals surface area (Å²) in [7, 11) is 1.85. The Morgan fingerprint density at radius 2 is 1.87 bits per heavy atom. The summed E-state index contributed by atoms with van der Waals surface area (Å²) >= 11 is 0. The molecule has 1 saturated carbocycles. The van der Waals surface area contributed by atoms with E-state index in [0.717, 1.165) is 6.04 Å². The Morgan fingerprint density at radius 1 is 1.13 bits per heavy atom. The summed E-state index contributed by atoms with van der Waals surface area (Å²) in [5.74, 6) is 0. The first-order valence-electron chi connectivity index (χ1n) is 6.37. The third-order valence-electron chi connectivity index (χ3n) is 3.80. The van der Waals surface area contributed by atoms with Crippen LogP contribution in [0.4, 0.5) is 0 Å². The van der Waals surface area contributed by atoms with E-state index in [4.69, 9.17) is 4.74 Å². The van der Waals surface area contributed by atoms with Gasteiger partial charge in [0.15, 0.2) is 0 Å². The maximum absolute atomic E-state index is 5.45. The number of ether oxygens (including phenoxy) is 1. The molecule has 0 radical (unpaired) electrons. The maximum Gasteiger partial charge on any atom is 0.0586 e. The van der Waals surface area contributed by atoms with Gasteiger partial charge in [0.05, 0.1) is 6.10 Å². The van der Waals surface area contributed by atoms with Gasteiger partial charge in [-0.1, -0.05) is 0 Å². The fraction of sp³-hybridized carbons (Fsp3) is 1.00. The van der Waals surface area contributed by atoms with Crippen LogP contribution in [0.1, 0.15) is 32.1 Å². The minimum absolute atomic E-state index is 0.526. The second kappa shape index (κ2) is 5.83. The Bertz CT molecular complexity index is 178. The fourth-order valence-electron chi connectivity index (χ4n) is 2.88. The summed E-state index contributed by atoms with van der Waals surface area (Å²) in [4.78, 5) is 2.69. The predicted molar refractivity (Wildman–Crippen MR) is 62.1 cm³/mol. The van der Waals surface area contributed by atoms with Crippen molar-refractivity contribution in [3.8, 4) is 0 Å². The molecular formula is C12H24N2O. The Hall–Kier alpha value is -0.120. The molecule has 0 aromatic rings. The molecule has 88 valence electrons. The molecule has 2 atom stereocenters. The molecule has 1 aliphatic heterocycles. The van der Waals surface area contributed by atoms with Crippen LogP contribution in [0.15, 0.2) is 0 Å². The summed E-state index contributed by atoms with van der Waals surface area (Å²) in [6.45, 7) is 4.93. The number of hydrogen-bond donors (Lipinski definition) is 1. The average Bonchev–Trinajstić information content (AvgIpc) is 2.65. The van der Waals surface area contributed by atoms with Gasteiger partial charge in [0.1, 0.15) is 0 Å². The highest BCUT2D eigenvalue weighted by Crippen LogP contribution is 2.26. The predicted octanol–water partition coefficient (Wildman–Crippen LogP) is 1.24. The molecule has 2 unspecified atom stereocenters. The van der Waals surface area contributed by atoms with Crippen molar-refractivity contribution in [1.29, 1.82) is 0 Å². The van der Waals surface area contributed by atoms with E-state index in [-0.39, 0.29) is 0 Å². The smallest absolute Gasteiger partial charge is 0.0586 e. The van der Waals surface area contributed by atoms with E-state index in [1.54, 1.807) is 0 Å². The van der Waals surface area contributed by atoms with Crippen LogP contribution in [0, 0.1) is 0 Å². The van der Waals surface area contributed by atoms with Gasteiger partial charge in [0.25, 0.3) is 0 Å². The van der Waals surface area contributed by atoms with E-state index in [0.29, 0.717) is 6.10 Å². The Morgan fingerprint density at radius 3 is 2.47 bits per heavy atom. The van der Waals surface area contributed by atoms with Crippen LogP contribution < -0.4 is 5.32 Å². The molecule has 0 aromatic carbocycles. The van der Waals surface area contributed by atoms with Gasteiger partial charge in [-0.25, -0.2) is 0 Å². The molecular weight excluding hydrogens is 188 g/mol. The monoisotopic (exact) mass is 212 g/mol. The number of methoxy groups -OCH3 is 1. The zero-order valence-electron chi connectivity index (χ0n) is 9.87. The Kier molecular flexibility index (Phi) is 4.42. The highest BCUT2D eigenvalue weighted by atomic mass is 16.5. The van der Waals surface area contributed by atoms with E-state index in [1.807, 2.05) is 7.11 Å². The molecule has 2 fully saturated rings. The van der Waals surface area contributed by atoms with Gasteiger partial charge in [0.2, 0.25) is 0 Å². The van der Waals surface area contributed by atoms with Gasteiger partial charge >= 0.3 is 0 Å². The van der Waals surface area contributed by atoms with Crippen molar-refractivity contribution in [3.63, 3.8) is 0 Å². The zero-order valence-corrected chi connectivity index (χ0v) is 9.87. The van der Waals surface area contributed by atoms with Gasteiger partial charge in [-0.2, -0.15) is 0 Å². The molecule has 1 saturated heterocycles. The molecule has 1 N–H and O–H groups in total. The van der Waals surface area contributed by atoms with E-state index < -0.39 is 0 Å². The molecule has 0 aromatic heterocycles. The lowest BCUT2D eigenvalue weighted by Gasteiger charge is -2.30. The molecule has 0 spiro atoms. The van der Waals surface area contributed by atoms with Crippen LogP contribution in [0.2, 0.25) is 0 Å². The van der Waals surface area contributed by atoms with Crippen LogP contribution >= 0.6 is 0 Å². The zero-order chi connectivity index (χ0) is 10.5. The lowest BCUT2D eigenvalue weighted by atomic mass is 10.1. The normalized spacial score (nSPS) is 35.0. The number of hydrogen-bond acceptors (Lipinski definition) is 3. The largest absolute Gasteiger partial charge is 0.381 e. The molecule has 0 bridgehead atoms. The van der Waals surface area contributed by atoms with Crippen molar-refractivity contribution >= 4 is 0 Å². The molecule has 2 aliphatic rings. The van der Waals surface area contributed by atoms with Gasteiger partial charge in [-0.3, -0.25) is 0 Å². The summed E-state index contributed by atoms with van der Waals surface area (Å²) in [6, 6.07) is 0.799. The fourth-order valence-corrected chi connectivity index (χ4v) is 2.88. The van der Waals surface area contributed by atoms with E-state index in [9.17, 15) is 0 Å². The summed E-state index contributed by atoms with van der Waals surface area (Å²) in [6.07, 6.45) is 6.98. The van der Waals surface area contributed by atoms with Crippen LogP contribution in [-0.2, 0) is 4.74 Å². The lowest BCUT2D eigenvalue weighted by molar-refractivity contribution is 0.0953. The van der Waals surface area contributed by atoms with Crippen molar-refractivity contribution in [2.45, 2.75) is 44.2 Å². The van der Waals surface area contributed by atoms with E-state index in [1.165, 1.54) is 58.3 Å². The number of nitrogens with zero attached hydrogens (tertiary/aromatic N) is 1. The highest BCUT2D eigenvalue weighted by Gasteiger charge is 2.28. The van der Waals surface area contributed by atoms with Crippen molar-refractivity contribution in [3.05, 3.63) is 0 Å². The third-order valence-corrected chi connectivity index (χ3v) is 3.80. The van der Waals surface area contributed by atoms with Gasteiger partial charge in [0, 0.05) is 13.2 Å². The molecule has 1 aliphatic carbocycles. The van der Waals surface area contributed by atoms with Gasteiger partial charge in [-0.15, -0.1) is 0 Å². The number of rotatable bonds is 2. The second-order valence-corrected chi connectivity index (χ2v) is 4.82. The van der Waals surface area contributed by atoms with E-state index in [2.05, 4.69) is 10.2 Å². The van der Waals surface area contributed by atoms with Crippen LogP contribution in [0.5, 0.6) is 0 Å². The molecule has 2 rings (SSSR count). The Balaban J connectivity index is 1.80. The minimum Gasteiger partial charge on any atom is -0.381 e. The highest BCUT2D eigenvalue weighted by molar-refractivity contribution is 4.84. The topological polar surface area (TPSA) is 24.5 Å². The molecule has 0 amide bonds. The van der Waals surface area contributed by atoms with Crippen molar-refractivity contribution in [2.75, 3.05) is 33.3 Å². The van der Waals surface area contributed by atoms with Crippen molar-refractivity contribution in [1.82, 2.24) is 10.2 Å². The molecule has 3 nitrogen and oxygen atoms in total. The van der Waals surface area contributed by atoms with Crippen LogP contribution in [0.3, 0.4) is 0 Å². The minimum atomic E-state index is 0.526. The quantitative estimate of drug-likeness (QED) is 0.745. The standard InChI is InChI=1S/C12H24N2O/c1-15-12-5-4-11(10-12)14-8-2-6-13-7-3-9-14/h11-13H,2-10H2,1H3. The first kappa shape index (κ1) is 11.4. The van der Waals surface area contributed by atoms with E-state index >= 15 is 0 Å². The maximum atomic E-state index is 5.45. The Labute approximate surface area is 93.2 Å². The van der Waals surface area contributed by atoms with Crippen LogP contribution in [-0.4, -0.2) is 50.3 Å². The molecule has 15 heavy (non-hydrogen) atoms. The third kappa shape index (κ3) is 3.16. The molecule has 3 heteroatoms. The summed E-state index contributed by atoms with van der Waals surface area (Å²) in [5.41, 5.74) is 0. The average molecular weight is 212 g/mol. The summed E-state index contributed by atoms with van der Waals surface area (Å²) in [5, 5.41) is 3.47. The van der Waals surface area contributed by atoms with Crippen molar-refractivity contribution < 1.29 is 4.74 Å². The second-order valence-electron chi connectivity index (χ2n) is 4.82. The molecule has 1 heterocycles. The first-order valence-corrected chi connectivity index (χ1v) is 6.37. The van der Waals surface area contributed by atoms with Crippen LogP contribution in [0.25, 0.3) is 0 Å². The SMILES string of the molecule is COC1CCC(N2CCCNCCC2)C1. The first-order chi connectivity index (χ1) is 7.40. The lowest BCUT2D eigenvalue weighted by Crippen LogP contribution is -2.39. The van der Waals surface area contributed by atoms with Crippen molar-refractivity contribution in [2.24, 2.45) is 0 Å². The van der Waals surface area contributed by atoms with Gasteiger partial charge < -0.3 is 15.0 Å².